The van der Waals surface area contributed by atoms with Gasteiger partial charge in [-0.1, -0.05) is 35.9 Å². The number of aromatic amines is 1. The van der Waals surface area contributed by atoms with Gasteiger partial charge in [0.2, 0.25) is 0 Å². The summed E-state index contributed by atoms with van der Waals surface area (Å²) in [4.78, 5) is 1.15. The van der Waals surface area contributed by atoms with Crippen LogP contribution in [-0.2, 0) is 0 Å². The summed E-state index contributed by atoms with van der Waals surface area (Å²) < 4.78 is 0. The van der Waals surface area contributed by atoms with Crippen molar-refractivity contribution in [3.05, 3.63) is 47.3 Å². The summed E-state index contributed by atoms with van der Waals surface area (Å²) in [5, 5.41) is 9.22. The monoisotopic (exact) mass is 255 g/mol. The van der Waals surface area contributed by atoms with Gasteiger partial charge in [0.15, 0.2) is 5.82 Å². The van der Waals surface area contributed by atoms with E-state index in [1.54, 1.807) is 11.3 Å². The van der Waals surface area contributed by atoms with Crippen molar-refractivity contribution in [2.45, 2.75) is 6.92 Å². The average Bonchev–Trinajstić information content (AvgIpc) is 2.97. The van der Waals surface area contributed by atoms with E-state index < -0.39 is 0 Å². The molecule has 0 saturated heterocycles. The summed E-state index contributed by atoms with van der Waals surface area (Å²) in [6.45, 7) is 2.07. The van der Waals surface area contributed by atoms with E-state index in [0.29, 0.717) is 5.82 Å². The van der Waals surface area contributed by atoms with Gasteiger partial charge in [0.05, 0.1) is 16.1 Å². The second-order valence-corrected chi connectivity index (χ2v) is 5.15. The van der Waals surface area contributed by atoms with Gasteiger partial charge in [0.1, 0.15) is 0 Å². The number of nitrogen functional groups attached to an aromatic ring is 1. The quantitative estimate of drug-likeness (QED) is 0.733. The molecule has 0 unspecified atom stereocenters. The normalized spacial score (nSPS) is 10.7. The molecule has 2 heterocycles. The molecule has 0 amide bonds. The van der Waals surface area contributed by atoms with E-state index in [1.807, 2.05) is 17.5 Å². The first-order valence-electron chi connectivity index (χ1n) is 5.70. The van der Waals surface area contributed by atoms with E-state index in [-0.39, 0.29) is 0 Å². The van der Waals surface area contributed by atoms with E-state index in [2.05, 4.69) is 41.4 Å². The molecule has 3 rings (SSSR count). The fourth-order valence-corrected chi connectivity index (χ4v) is 2.77. The van der Waals surface area contributed by atoms with Gasteiger partial charge in [0, 0.05) is 0 Å². The minimum absolute atomic E-state index is 0.545. The number of aryl methyl sites for hydroxylation is 1. The highest BCUT2D eigenvalue weighted by Gasteiger charge is 2.15. The number of anilines is 1. The maximum atomic E-state index is 5.99. The molecule has 0 saturated carbocycles. The Bertz CT molecular complexity index is 668. The van der Waals surface area contributed by atoms with Crippen molar-refractivity contribution in [1.82, 2.24) is 10.2 Å². The predicted octanol–water partition coefficient (Wildman–Crippen LogP) is 3.70. The van der Waals surface area contributed by atoms with Gasteiger partial charge in [0.25, 0.3) is 0 Å². The van der Waals surface area contributed by atoms with Crippen LogP contribution in [0.5, 0.6) is 0 Å². The number of nitrogens with two attached hydrogens (primary N) is 1. The lowest BCUT2D eigenvalue weighted by Gasteiger charge is -2.04. The van der Waals surface area contributed by atoms with Crippen molar-refractivity contribution < 1.29 is 0 Å². The van der Waals surface area contributed by atoms with Crippen LogP contribution in [-0.4, -0.2) is 10.2 Å². The number of thiophene rings is 1. The van der Waals surface area contributed by atoms with E-state index in [4.69, 9.17) is 5.73 Å². The fourth-order valence-electron chi connectivity index (χ4n) is 2.05. The molecular weight excluding hydrogens is 242 g/mol. The molecule has 4 heteroatoms. The molecule has 0 bridgehead atoms. The van der Waals surface area contributed by atoms with Crippen LogP contribution in [0, 0.1) is 6.92 Å². The number of H-pyrrole nitrogens is 1. The Balaban J connectivity index is 2.20. The Morgan fingerprint density at radius 1 is 1.22 bits per heavy atom. The van der Waals surface area contributed by atoms with Gasteiger partial charge in [-0.05, 0) is 23.9 Å². The molecule has 0 aliphatic rings. The number of rotatable bonds is 2. The number of aromatic nitrogens is 2. The van der Waals surface area contributed by atoms with Crippen molar-refractivity contribution in [1.29, 1.82) is 0 Å². The van der Waals surface area contributed by atoms with Gasteiger partial charge < -0.3 is 5.73 Å². The molecule has 18 heavy (non-hydrogen) atoms. The van der Waals surface area contributed by atoms with Crippen LogP contribution in [0.1, 0.15) is 5.56 Å². The average molecular weight is 255 g/mol. The maximum Gasteiger partial charge on any atom is 0.153 e. The number of hydrogen-bond acceptors (Lipinski definition) is 3. The van der Waals surface area contributed by atoms with Crippen LogP contribution in [0.15, 0.2) is 41.8 Å². The summed E-state index contributed by atoms with van der Waals surface area (Å²) in [7, 11) is 0. The van der Waals surface area contributed by atoms with Gasteiger partial charge in [-0.25, -0.2) is 0 Å². The van der Waals surface area contributed by atoms with Crippen molar-refractivity contribution >= 4 is 17.2 Å². The molecule has 0 radical (unpaired) electrons. The summed E-state index contributed by atoms with van der Waals surface area (Å²) in [5.41, 5.74) is 10.3. The number of nitrogens with zero attached hydrogens (tertiary/aromatic N) is 1. The Kier molecular flexibility index (Phi) is 2.64. The molecule has 3 nitrogen and oxygen atoms in total. The molecule has 90 valence electrons. The third-order valence-electron chi connectivity index (χ3n) is 2.87. The minimum Gasteiger partial charge on any atom is -0.382 e. The van der Waals surface area contributed by atoms with Gasteiger partial charge in [-0.2, -0.15) is 5.10 Å². The van der Waals surface area contributed by atoms with Crippen molar-refractivity contribution in [2.24, 2.45) is 0 Å². The standard InChI is InChI=1S/C14H13N3S/c1-9-4-2-5-10(8-9)12-13(16-17-14(12)15)11-6-3-7-18-11/h2-8H,1H3,(H3,15,16,17). The second kappa shape index (κ2) is 4.31. The highest BCUT2D eigenvalue weighted by Crippen LogP contribution is 2.36. The number of hydrogen-bond donors (Lipinski definition) is 2. The molecular formula is C14H13N3S. The van der Waals surface area contributed by atoms with Crippen LogP contribution in [0.3, 0.4) is 0 Å². The predicted molar refractivity (Wildman–Crippen MR) is 76.5 cm³/mol. The van der Waals surface area contributed by atoms with Crippen molar-refractivity contribution in [3.63, 3.8) is 0 Å². The lowest BCUT2D eigenvalue weighted by Crippen LogP contribution is -1.88. The topological polar surface area (TPSA) is 54.7 Å². The molecule has 1 aromatic carbocycles. The molecule has 3 N–H and O–H groups in total. The zero-order valence-corrected chi connectivity index (χ0v) is 10.8. The molecule has 0 atom stereocenters. The highest BCUT2D eigenvalue weighted by molar-refractivity contribution is 7.13. The maximum absolute atomic E-state index is 5.99. The van der Waals surface area contributed by atoms with Crippen LogP contribution < -0.4 is 5.73 Å². The van der Waals surface area contributed by atoms with E-state index in [9.17, 15) is 0 Å². The highest BCUT2D eigenvalue weighted by atomic mass is 32.1. The smallest absolute Gasteiger partial charge is 0.153 e. The number of benzene rings is 1. The Labute approximate surface area is 109 Å². The SMILES string of the molecule is Cc1cccc(-c2c(N)n[nH]c2-c2cccs2)c1. The second-order valence-electron chi connectivity index (χ2n) is 4.21. The lowest BCUT2D eigenvalue weighted by molar-refractivity contribution is 1.11. The van der Waals surface area contributed by atoms with Crippen LogP contribution in [0.25, 0.3) is 21.7 Å². The zero-order valence-electron chi connectivity index (χ0n) is 9.97. The molecule has 3 aromatic rings. The zero-order chi connectivity index (χ0) is 12.5. The van der Waals surface area contributed by atoms with E-state index >= 15 is 0 Å². The van der Waals surface area contributed by atoms with E-state index in [0.717, 1.165) is 21.7 Å². The summed E-state index contributed by atoms with van der Waals surface area (Å²) in [6.07, 6.45) is 0. The van der Waals surface area contributed by atoms with Crippen molar-refractivity contribution in [3.8, 4) is 21.7 Å². The summed E-state index contributed by atoms with van der Waals surface area (Å²) in [6, 6.07) is 12.4. The van der Waals surface area contributed by atoms with Crippen LogP contribution in [0.4, 0.5) is 5.82 Å². The van der Waals surface area contributed by atoms with E-state index in [1.165, 1.54) is 5.56 Å². The molecule has 0 aliphatic carbocycles. The van der Waals surface area contributed by atoms with Crippen molar-refractivity contribution in [2.75, 3.05) is 5.73 Å². The first-order chi connectivity index (χ1) is 8.75. The van der Waals surface area contributed by atoms with Gasteiger partial charge in [-0.3, -0.25) is 5.10 Å². The largest absolute Gasteiger partial charge is 0.382 e. The summed E-state index contributed by atoms with van der Waals surface area (Å²) >= 11 is 1.68. The molecule has 0 aliphatic heterocycles. The Morgan fingerprint density at radius 3 is 2.83 bits per heavy atom. The Hall–Kier alpha value is -2.07. The molecule has 0 fully saturated rings. The van der Waals surface area contributed by atoms with Gasteiger partial charge in [-0.15, -0.1) is 11.3 Å². The lowest BCUT2D eigenvalue weighted by atomic mass is 10.0. The number of nitrogens with one attached hydrogen (secondary N) is 1. The van der Waals surface area contributed by atoms with Crippen LogP contribution >= 0.6 is 11.3 Å². The van der Waals surface area contributed by atoms with Gasteiger partial charge >= 0.3 is 0 Å². The molecule has 2 aromatic heterocycles. The first kappa shape index (κ1) is 11.0. The third-order valence-corrected chi connectivity index (χ3v) is 3.76. The first-order valence-corrected chi connectivity index (χ1v) is 6.58. The fraction of sp³-hybridized carbons (Fsp3) is 0.0714. The van der Waals surface area contributed by atoms with Crippen LogP contribution in [0.2, 0.25) is 0 Å². The third kappa shape index (κ3) is 1.80. The molecule has 0 spiro atoms. The Morgan fingerprint density at radius 2 is 2.11 bits per heavy atom. The minimum atomic E-state index is 0.545. The summed E-state index contributed by atoms with van der Waals surface area (Å²) in [5.74, 6) is 0.545.